The molecule has 140 valence electrons. The second-order valence-electron chi connectivity index (χ2n) is 5.07. The van der Waals surface area contributed by atoms with Crippen molar-refractivity contribution in [2.75, 3.05) is 19.0 Å². The van der Waals surface area contributed by atoms with Crippen molar-refractivity contribution < 1.29 is 17.9 Å². The molecule has 26 heavy (non-hydrogen) atoms. The summed E-state index contributed by atoms with van der Waals surface area (Å²) in [5, 5.41) is 3.24. The highest BCUT2D eigenvalue weighted by atomic mass is 35.5. The maximum absolute atomic E-state index is 12.5. The highest BCUT2D eigenvalue weighted by molar-refractivity contribution is 7.89. The molecule has 0 bridgehead atoms. The van der Waals surface area contributed by atoms with Crippen LogP contribution < -0.4 is 14.8 Å². The van der Waals surface area contributed by atoms with Crippen molar-refractivity contribution in [2.45, 2.75) is 11.8 Å². The van der Waals surface area contributed by atoms with E-state index in [4.69, 9.17) is 39.5 Å². The minimum Gasteiger partial charge on any atom is -0.495 e. The second kappa shape index (κ2) is 8.45. The first-order valence-corrected chi connectivity index (χ1v) is 9.95. The molecule has 2 aromatic carbocycles. The number of anilines is 1. The first-order chi connectivity index (χ1) is 12.2. The van der Waals surface area contributed by atoms with Crippen molar-refractivity contribution in [3.63, 3.8) is 0 Å². The summed E-state index contributed by atoms with van der Waals surface area (Å²) < 4.78 is 32.0. The van der Waals surface area contributed by atoms with Crippen LogP contribution in [0.25, 0.3) is 0 Å². The van der Waals surface area contributed by atoms with Crippen LogP contribution in [0.4, 0.5) is 5.69 Å². The van der Waals surface area contributed by atoms with Crippen molar-refractivity contribution in [1.29, 1.82) is 0 Å². The van der Waals surface area contributed by atoms with Crippen LogP contribution in [0.15, 0.2) is 35.2 Å². The number of carbonyl (C=O) groups is 1. The number of nitrogens with one attached hydrogen (secondary N) is 2. The van der Waals surface area contributed by atoms with Crippen LogP contribution in [-0.4, -0.2) is 28.0 Å². The number of rotatable bonds is 6. The zero-order chi connectivity index (χ0) is 19.5. The number of amides is 1. The van der Waals surface area contributed by atoms with Gasteiger partial charge in [-0.1, -0.05) is 41.7 Å². The molecule has 0 saturated heterocycles. The number of sulfonamides is 1. The lowest BCUT2D eigenvalue weighted by Gasteiger charge is -2.13. The summed E-state index contributed by atoms with van der Waals surface area (Å²) in [6.45, 7) is 1.84. The number of halogens is 3. The van der Waals surface area contributed by atoms with Crippen LogP contribution in [-0.2, 0) is 10.0 Å². The smallest absolute Gasteiger partial charge is 0.255 e. The van der Waals surface area contributed by atoms with E-state index in [9.17, 15) is 13.2 Å². The van der Waals surface area contributed by atoms with Gasteiger partial charge in [-0.05, 0) is 30.3 Å². The third kappa shape index (κ3) is 4.61. The number of carbonyl (C=O) groups excluding carboxylic acids is 1. The normalized spacial score (nSPS) is 11.3. The fraction of sp³-hybridized carbons (Fsp3) is 0.188. The van der Waals surface area contributed by atoms with Crippen LogP contribution >= 0.6 is 34.8 Å². The minimum atomic E-state index is -3.82. The van der Waals surface area contributed by atoms with Crippen LogP contribution in [0.1, 0.15) is 17.3 Å². The number of benzene rings is 2. The number of hydrogen-bond donors (Lipinski definition) is 2. The fourth-order valence-corrected chi connectivity index (χ4v) is 3.94. The van der Waals surface area contributed by atoms with Gasteiger partial charge in [0.25, 0.3) is 5.91 Å². The lowest BCUT2D eigenvalue weighted by atomic mass is 10.2. The van der Waals surface area contributed by atoms with Gasteiger partial charge in [-0.25, -0.2) is 13.1 Å². The maximum atomic E-state index is 12.5. The Morgan fingerprint density at radius 2 is 1.73 bits per heavy atom. The average molecular weight is 438 g/mol. The Morgan fingerprint density at radius 3 is 2.35 bits per heavy atom. The van der Waals surface area contributed by atoms with E-state index in [2.05, 4.69) is 10.0 Å². The van der Waals surface area contributed by atoms with Gasteiger partial charge >= 0.3 is 0 Å². The Hall–Kier alpha value is -1.51. The summed E-state index contributed by atoms with van der Waals surface area (Å²) in [6, 6.07) is 6.86. The molecule has 0 heterocycles. The van der Waals surface area contributed by atoms with Crippen LogP contribution in [0.2, 0.25) is 15.1 Å². The molecule has 0 atom stereocenters. The molecule has 2 rings (SSSR count). The third-order valence-corrected chi connectivity index (χ3v) is 5.91. The maximum Gasteiger partial charge on any atom is 0.255 e. The molecule has 0 radical (unpaired) electrons. The molecule has 0 spiro atoms. The number of hydrogen-bond acceptors (Lipinski definition) is 4. The molecule has 0 aliphatic carbocycles. The van der Waals surface area contributed by atoms with Crippen molar-refractivity contribution >= 4 is 56.4 Å². The van der Waals surface area contributed by atoms with Gasteiger partial charge in [0.2, 0.25) is 10.0 Å². The van der Waals surface area contributed by atoms with Crippen molar-refractivity contribution in [1.82, 2.24) is 4.72 Å². The molecule has 0 aromatic heterocycles. The van der Waals surface area contributed by atoms with E-state index in [1.54, 1.807) is 6.92 Å². The molecule has 0 aliphatic heterocycles. The molecule has 0 aliphatic rings. The van der Waals surface area contributed by atoms with Gasteiger partial charge in [0, 0.05) is 12.1 Å². The molecule has 0 unspecified atom stereocenters. The average Bonchev–Trinajstić information content (AvgIpc) is 2.59. The Labute approximate surface area is 166 Å². The van der Waals surface area contributed by atoms with Crippen LogP contribution in [0.3, 0.4) is 0 Å². The molecule has 0 saturated carbocycles. The summed E-state index contributed by atoms with van der Waals surface area (Å²) in [7, 11) is -2.48. The third-order valence-electron chi connectivity index (χ3n) is 3.31. The minimum absolute atomic E-state index is 0.101. The van der Waals surface area contributed by atoms with Crippen molar-refractivity contribution in [2.24, 2.45) is 0 Å². The van der Waals surface area contributed by atoms with Crippen LogP contribution in [0, 0.1) is 0 Å². The molecular weight excluding hydrogens is 423 g/mol. The van der Waals surface area contributed by atoms with Gasteiger partial charge in [-0.2, -0.15) is 0 Å². The summed E-state index contributed by atoms with van der Waals surface area (Å²) in [5.74, 6) is -0.448. The highest BCUT2D eigenvalue weighted by Crippen LogP contribution is 2.33. The fourth-order valence-electron chi connectivity index (χ4n) is 2.11. The summed E-state index contributed by atoms with van der Waals surface area (Å²) in [6.07, 6.45) is 0. The molecular formula is C16H15Cl3N2O4S. The van der Waals surface area contributed by atoms with Gasteiger partial charge in [-0.15, -0.1) is 0 Å². The van der Waals surface area contributed by atoms with Crippen molar-refractivity contribution in [3.05, 3.63) is 51.0 Å². The predicted octanol–water partition coefficient (Wildman–Crippen LogP) is 4.21. The Morgan fingerprint density at radius 1 is 1.08 bits per heavy atom. The Kier molecular flexibility index (Phi) is 6.76. The first kappa shape index (κ1) is 20.8. The second-order valence-corrected chi connectivity index (χ2v) is 8.02. The zero-order valence-corrected chi connectivity index (χ0v) is 16.9. The molecule has 0 fully saturated rings. The summed E-state index contributed by atoms with van der Waals surface area (Å²) in [5.41, 5.74) is 0.349. The lowest BCUT2D eigenvalue weighted by Crippen LogP contribution is -2.24. The van der Waals surface area contributed by atoms with Gasteiger partial charge in [0.15, 0.2) is 0 Å². The van der Waals surface area contributed by atoms with Crippen molar-refractivity contribution in [3.8, 4) is 5.75 Å². The topological polar surface area (TPSA) is 84.5 Å². The molecule has 6 nitrogen and oxygen atoms in total. The Balaban J connectivity index is 2.40. The zero-order valence-electron chi connectivity index (χ0n) is 13.8. The summed E-state index contributed by atoms with van der Waals surface area (Å²) >= 11 is 17.8. The predicted molar refractivity (Wildman–Crippen MR) is 103 cm³/mol. The van der Waals surface area contributed by atoms with E-state index in [0.29, 0.717) is 0 Å². The highest BCUT2D eigenvalue weighted by Gasteiger charge is 2.21. The SMILES string of the molecule is CCNS(=O)(=O)c1cc(C(=O)Nc2cc(Cl)c(Cl)cc2Cl)ccc1OC. The monoisotopic (exact) mass is 436 g/mol. The standard InChI is InChI=1S/C16H15Cl3N2O4S/c1-3-20-26(23,24)15-6-9(4-5-14(15)25-2)16(22)21-13-8-11(18)10(17)7-12(13)19/h4-8,20H,3H2,1-2H3,(H,21,22). The first-order valence-electron chi connectivity index (χ1n) is 7.33. The van der Waals surface area contributed by atoms with Gasteiger partial charge in [0.05, 0.1) is 27.9 Å². The molecule has 10 heteroatoms. The quantitative estimate of drug-likeness (QED) is 0.663. The van der Waals surface area contributed by atoms with Gasteiger partial charge < -0.3 is 10.1 Å². The number of methoxy groups -OCH3 is 1. The van der Waals surface area contributed by atoms with E-state index < -0.39 is 15.9 Å². The van der Waals surface area contributed by atoms with E-state index in [0.717, 1.165) is 0 Å². The van der Waals surface area contributed by atoms with Crippen LogP contribution in [0.5, 0.6) is 5.75 Å². The molecule has 1 amide bonds. The van der Waals surface area contributed by atoms with E-state index >= 15 is 0 Å². The largest absolute Gasteiger partial charge is 0.495 e. The van der Waals surface area contributed by atoms with E-state index in [1.807, 2.05) is 0 Å². The summed E-state index contributed by atoms with van der Waals surface area (Å²) in [4.78, 5) is 12.4. The molecule has 2 aromatic rings. The lowest BCUT2D eigenvalue weighted by molar-refractivity contribution is 0.102. The number of ether oxygens (including phenoxy) is 1. The molecule has 2 N–H and O–H groups in total. The Bertz CT molecular complexity index is 949. The van der Waals surface area contributed by atoms with E-state index in [-0.39, 0.29) is 43.5 Å². The van der Waals surface area contributed by atoms with Gasteiger partial charge in [-0.3, -0.25) is 4.79 Å². The van der Waals surface area contributed by atoms with E-state index in [1.165, 1.54) is 37.4 Å². The van der Waals surface area contributed by atoms with Gasteiger partial charge in [0.1, 0.15) is 10.6 Å².